The number of morpholine rings is 1. The second-order valence-corrected chi connectivity index (χ2v) is 7.80. The fraction of sp³-hybridized carbons (Fsp3) is 0.632. The van der Waals surface area contributed by atoms with Crippen molar-refractivity contribution < 1.29 is 14.6 Å². The van der Waals surface area contributed by atoms with Gasteiger partial charge in [0.25, 0.3) is 5.91 Å². The van der Waals surface area contributed by atoms with Crippen LogP contribution in [0.4, 0.5) is 5.82 Å². The first-order chi connectivity index (χ1) is 13.7. The van der Waals surface area contributed by atoms with Gasteiger partial charge < -0.3 is 20.1 Å². The van der Waals surface area contributed by atoms with Gasteiger partial charge in [-0.1, -0.05) is 0 Å². The minimum Gasteiger partial charge on any atom is -0.395 e. The Morgan fingerprint density at radius 1 is 1.39 bits per heavy atom. The summed E-state index contributed by atoms with van der Waals surface area (Å²) in [6.07, 6.45) is 2.56. The molecular weight excluding hydrogens is 378 g/mol. The molecular formula is C19H29N5O3S. The minimum atomic E-state index is -0.0599. The molecule has 0 aromatic carbocycles. The molecule has 2 aromatic heterocycles. The molecule has 1 saturated heterocycles. The van der Waals surface area contributed by atoms with E-state index in [2.05, 4.69) is 20.2 Å². The molecule has 0 atom stereocenters. The number of anilines is 1. The summed E-state index contributed by atoms with van der Waals surface area (Å²) in [6.45, 7) is 10.2. The average Bonchev–Trinajstić information content (AvgIpc) is 3.07. The number of nitrogens with one attached hydrogen (secondary N) is 1. The molecule has 154 valence electrons. The summed E-state index contributed by atoms with van der Waals surface area (Å²) in [6, 6.07) is 0. The lowest BCUT2D eigenvalue weighted by atomic mass is 10.2. The predicted octanol–water partition coefficient (Wildman–Crippen LogP) is 1.59. The number of aryl methyl sites for hydroxylation is 1. The van der Waals surface area contributed by atoms with Crippen LogP contribution in [0.15, 0.2) is 6.33 Å². The Bertz CT molecular complexity index is 791. The van der Waals surface area contributed by atoms with E-state index in [4.69, 9.17) is 4.74 Å². The Labute approximate surface area is 169 Å². The van der Waals surface area contributed by atoms with Crippen molar-refractivity contribution in [3.05, 3.63) is 16.8 Å². The standard InChI is InChI=1S/C19H29N5O3S/c1-3-24(7-10-25)19(26)16-14(2)15-17(21-13-22-18(15)28-16)20-5-4-6-23-8-11-27-12-9-23/h13,25H,3-12H2,1-2H3,(H,20,21,22). The summed E-state index contributed by atoms with van der Waals surface area (Å²) in [5.41, 5.74) is 0.901. The molecule has 0 aliphatic carbocycles. The van der Waals surface area contributed by atoms with Gasteiger partial charge in [0.1, 0.15) is 17.0 Å². The van der Waals surface area contributed by atoms with Gasteiger partial charge in [-0.2, -0.15) is 0 Å². The summed E-state index contributed by atoms with van der Waals surface area (Å²) < 4.78 is 5.38. The molecule has 0 saturated carbocycles. The lowest BCUT2D eigenvalue weighted by molar-refractivity contribution is 0.0378. The van der Waals surface area contributed by atoms with Gasteiger partial charge in [0.05, 0.1) is 30.1 Å². The quantitative estimate of drug-likeness (QED) is 0.610. The number of fused-ring (bicyclic) bond motifs is 1. The summed E-state index contributed by atoms with van der Waals surface area (Å²) in [7, 11) is 0. The number of rotatable bonds is 9. The molecule has 9 heteroatoms. The van der Waals surface area contributed by atoms with E-state index in [1.165, 1.54) is 11.3 Å². The van der Waals surface area contributed by atoms with Crippen LogP contribution >= 0.6 is 11.3 Å². The first-order valence-electron chi connectivity index (χ1n) is 9.83. The largest absolute Gasteiger partial charge is 0.395 e. The van der Waals surface area contributed by atoms with Crippen LogP contribution in [-0.4, -0.2) is 89.9 Å². The zero-order valence-corrected chi connectivity index (χ0v) is 17.4. The Morgan fingerprint density at radius 3 is 2.89 bits per heavy atom. The first-order valence-corrected chi connectivity index (χ1v) is 10.7. The highest BCUT2D eigenvalue weighted by atomic mass is 32.1. The van der Waals surface area contributed by atoms with Gasteiger partial charge >= 0.3 is 0 Å². The van der Waals surface area contributed by atoms with Gasteiger partial charge in [0, 0.05) is 32.7 Å². The molecule has 3 rings (SSSR count). The number of aromatic nitrogens is 2. The van der Waals surface area contributed by atoms with Crippen LogP contribution in [0.1, 0.15) is 28.6 Å². The maximum atomic E-state index is 12.8. The van der Waals surface area contributed by atoms with Crippen molar-refractivity contribution in [3.8, 4) is 0 Å². The molecule has 8 nitrogen and oxygen atoms in total. The van der Waals surface area contributed by atoms with Gasteiger partial charge in [-0.3, -0.25) is 9.69 Å². The number of hydrogen-bond donors (Lipinski definition) is 2. The Balaban J connectivity index is 1.69. The SMILES string of the molecule is CCN(CCO)C(=O)c1sc2ncnc(NCCCN3CCOCC3)c2c1C. The third kappa shape index (κ3) is 4.78. The van der Waals surface area contributed by atoms with Crippen molar-refractivity contribution in [1.82, 2.24) is 19.8 Å². The van der Waals surface area contributed by atoms with Gasteiger partial charge in [-0.05, 0) is 32.4 Å². The Hall–Kier alpha value is -1.81. The molecule has 1 aliphatic rings. The number of aliphatic hydroxyl groups excluding tert-OH is 1. The molecule has 0 unspecified atom stereocenters. The van der Waals surface area contributed by atoms with E-state index in [0.29, 0.717) is 18.0 Å². The Kier molecular flexibility index (Phi) is 7.55. The van der Waals surface area contributed by atoms with Gasteiger partial charge in [0.2, 0.25) is 0 Å². The van der Waals surface area contributed by atoms with Gasteiger partial charge in [0.15, 0.2) is 0 Å². The second-order valence-electron chi connectivity index (χ2n) is 6.80. The lowest BCUT2D eigenvalue weighted by Gasteiger charge is -2.26. The topological polar surface area (TPSA) is 90.8 Å². The van der Waals surface area contributed by atoms with E-state index < -0.39 is 0 Å². The maximum Gasteiger partial charge on any atom is 0.264 e. The normalized spacial score (nSPS) is 15.1. The number of amides is 1. The van der Waals surface area contributed by atoms with Crippen LogP contribution in [0.2, 0.25) is 0 Å². The fourth-order valence-corrected chi connectivity index (χ4v) is 4.53. The van der Waals surface area contributed by atoms with Crippen molar-refractivity contribution in [2.24, 2.45) is 0 Å². The maximum absolute atomic E-state index is 12.8. The van der Waals surface area contributed by atoms with E-state index in [0.717, 1.165) is 67.4 Å². The van der Waals surface area contributed by atoms with E-state index in [-0.39, 0.29) is 12.5 Å². The number of nitrogens with zero attached hydrogens (tertiary/aromatic N) is 4. The van der Waals surface area contributed by atoms with Crippen molar-refractivity contribution in [3.63, 3.8) is 0 Å². The first kappa shape index (κ1) is 20.9. The van der Waals surface area contributed by atoms with Crippen LogP contribution in [-0.2, 0) is 4.74 Å². The molecule has 1 fully saturated rings. The smallest absolute Gasteiger partial charge is 0.264 e. The predicted molar refractivity (Wildman–Crippen MR) is 111 cm³/mol. The third-order valence-electron chi connectivity index (χ3n) is 5.01. The highest BCUT2D eigenvalue weighted by molar-refractivity contribution is 7.20. The molecule has 2 aromatic rings. The van der Waals surface area contributed by atoms with Crippen LogP contribution in [0.3, 0.4) is 0 Å². The molecule has 3 heterocycles. The minimum absolute atomic E-state index is 0.0424. The number of carbonyl (C=O) groups excluding carboxylic acids is 1. The molecule has 0 bridgehead atoms. The zero-order chi connectivity index (χ0) is 19.9. The number of carbonyl (C=O) groups is 1. The zero-order valence-electron chi connectivity index (χ0n) is 16.6. The number of likely N-dealkylation sites (N-methyl/N-ethyl adjacent to an activating group) is 1. The number of aliphatic hydroxyl groups is 1. The van der Waals surface area contributed by atoms with Gasteiger partial charge in [-0.25, -0.2) is 9.97 Å². The molecule has 0 radical (unpaired) electrons. The summed E-state index contributed by atoms with van der Waals surface area (Å²) in [5.74, 6) is 0.723. The average molecular weight is 408 g/mol. The molecule has 28 heavy (non-hydrogen) atoms. The van der Waals surface area contributed by atoms with E-state index in [1.54, 1.807) is 11.2 Å². The van der Waals surface area contributed by atoms with Crippen LogP contribution in [0.25, 0.3) is 10.2 Å². The van der Waals surface area contributed by atoms with Crippen LogP contribution < -0.4 is 5.32 Å². The van der Waals surface area contributed by atoms with Crippen LogP contribution in [0.5, 0.6) is 0 Å². The van der Waals surface area contributed by atoms with Crippen molar-refractivity contribution in [2.45, 2.75) is 20.3 Å². The fourth-order valence-electron chi connectivity index (χ4n) is 3.41. The Morgan fingerprint density at radius 2 is 2.18 bits per heavy atom. The van der Waals surface area contributed by atoms with E-state index >= 15 is 0 Å². The lowest BCUT2D eigenvalue weighted by Crippen LogP contribution is -2.37. The molecule has 0 spiro atoms. The summed E-state index contributed by atoms with van der Waals surface area (Å²) in [4.78, 5) is 27.2. The number of ether oxygens (including phenoxy) is 1. The van der Waals surface area contributed by atoms with Crippen molar-refractivity contribution >= 4 is 33.3 Å². The second kappa shape index (κ2) is 10.1. The highest BCUT2D eigenvalue weighted by Crippen LogP contribution is 2.34. The van der Waals surface area contributed by atoms with E-state index in [9.17, 15) is 9.90 Å². The monoisotopic (exact) mass is 407 g/mol. The molecule has 1 aliphatic heterocycles. The third-order valence-corrected chi connectivity index (χ3v) is 6.19. The van der Waals surface area contributed by atoms with Crippen molar-refractivity contribution in [1.29, 1.82) is 0 Å². The number of thiophene rings is 1. The summed E-state index contributed by atoms with van der Waals surface area (Å²) >= 11 is 1.39. The molecule has 1 amide bonds. The molecule has 2 N–H and O–H groups in total. The van der Waals surface area contributed by atoms with Crippen molar-refractivity contribution in [2.75, 3.05) is 64.4 Å². The van der Waals surface area contributed by atoms with Crippen LogP contribution in [0, 0.1) is 6.92 Å². The summed E-state index contributed by atoms with van der Waals surface area (Å²) in [5, 5.41) is 13.5. The number of hydrogen-bond acceptors (Lipinski definition) is 8. The van der Waals surface area contributed by atoms with E-state index in [1.807, 2.05) is 13.8 Å². The van der Waals surface area contributed by atoms with Gasteiger partial charge in [-0.15, -0.1) is 11.3 Å². The highest BCUT2D eigenvalue weighted by Gasteiger charge is 2.22.